The topological polar surface area (TPSA) is 127 Å². The van der Waals surface area contributed by atoms with Gasteiger partial charge in [0, 0.05) is 32.2 Å². The molecule has 0 unspecified atom stereocenters. The number of aliphatic hydroxyl groups excluding tert-OH is 1. The van der Waals surface area contributed by atoms with Crippen LogP contribution in [0.1, 0.15) is 13.3 Å². The summed E-state index contributed by atoms with van der Waals surface area (Å²) >= 11 is 0. The second-order valence-electron chi connectivity index (χ2n) is 4.22. The second kappa shape index (κ2) is 12.4. The first-order chi connectivity index (χ1) is 10.6. The molecule has 8 heteroatoms. The number of hydrogen-bond acceptors (Lipinski definition) is 4. The van der Waals surface area contributed by atoms with Crippen LogP contribution in [0.15, 0.2) is 29.5 Å². The van der Waals surface area contributed by atoms with Gasteiger partial charge in [0.25, 0.3) is 5.91 Å². The standard InChI is InChI=1S/C13H21N5O2.CH4O/c1-2-7-18-8-3-11(4-9-18)20-10-12(19)16-5-6-17-13(14)15;1-2/h3-4,8-9H,2,5-7,10H2,1H3,(H4-,14,15,16,17,19);2H,1H3/p+1. The van der Waals surface area contributed by atoms with Gasteiger partial charge in [0.1, 0.15) is 12.3 Å². The molecule has 1 rings (SSSR count). The zero-order valence-electron chi connectivity index (χ0n) is 13.2. The highest BCUT2D eigenvalue weighted by Crippen LogP contribution is 2.05. The van der Waals surface area contributed by atoms with E-state index in [2.05, 4.69) is 21.8 Å². The summed E-state index contributed by atoms with van der Waals surface area (Å²) in [6, 6.07) is 3.67. The van der Waals surface area contributed by atoms with Crippen molar-refractivity contribution in [2.24, 2.45) is 16.5 Å². The minimum atomic E-state index is -0.207. The summed E-state index contributed by atoms with van der Waals surface area (Å²) < 4.78 is 7.43. The molecule has 0 aromatic carbocycles. The van der Waals surface area contributed by atoms with E-state index in [9.17, 15) is 4.79 Å². The summed E-state index contributed by atoms with van der Waals surface area (Å²) in [7, 11) is 1.00. The third-order valence-electron chi connectivity index (χ3n) is 2.44. The fourth-order valence-electron chi connectivity index (χ4n) is 1.53. The van der Waals surface area contributed by atoms with E-state index >= 15 is 0 Å². The zero-order chi connectivity index (χ0) is 16.8. The van der Waals surface area contributed by atoms with E-state index in [1.165, 1.54) is 0 Å². The molecule has 1 aromatic rings. The van der Waals surface area contributed by atoms with E-state index in [4.69, 9.17) is 21.3 Å². The Bertz CT molecular complexity index is 444. The third-order valence-corrected chi connectivity index (χ3v) is 2.44. The largest absolute Gasteiger partial charge is 0.483 e. The lowest BCUT2D eigenvalue weighted by Gasteiger charge is -2.06. The predicted molar refractivity (Wildman–Crippen MR) is 84.3 cm³/mol. The van der Waals surface area contributed by atoms with E-state index in [1.54, 1.807) is 0 Å². The number of guanidine groups is 1. The van der Waals surface area contributed by atoms with Crippen molar-refractivity contribution in [3.63, 3.8) is 0 Å². The number of nitrogens with zero attached hydrogens (tertiary/aromatic N) is 2. The molecule has 0 radical (unpaired) electrons. The minimum absolute atomic E-state index is 0.0140. The second-order valence-corrected chi connectivity index (χ2v) is 4.22. The maximum atomic E-state index is 11.5. The molecule has 0 saturated heterocycles. The summed E-state index contributed by atoms with van der Waals surface area (Å²) in [4.78, 5) is 15.2. The van der Waals surface area contributed by atoms with Gasteiger partial charge < -0.3 is 26.6 Å². The quantitative estimate of drug-likeness (QED) is 0.207. The Balaban J connectivity index is 0.00000211. The van der Waals surface area contributed by atoms with Gasteiger partial charge in [-0.25, -0.2) is 4.57 Å². The van der Waals surface area contributed by atoms with Crippen LogP contribution in [0.25, 0.3) is 0 Å². The number of nitrogens with two attached hydrogens (primary N) is 2. The minimum Gasteiger partial charge on any atom is -0.483 e. The van der Waals surface area contributed by atoms with E-state index in [1.807, 2.05) is 24.5 Å². The first kappa shape index (κ1) is 19.7. The molecule has 0 spiro atoms. The number of hydrogen-bond donors (Lipinski definition) is 4. The van der Waals surface area contributed by atoms with Crippen LogP contribution in [-0.4, -0.2) is 43.8 Å². The Morgan fingerprint density at radius 2 is 2.00 bits per heavy atom. The molecule has 0 atom stereocenters. The average Bonchev–Trinajstić information content (AvgIpc) is 2.53. The molecule has 0 saturated carbocycles. The number of carbonyl (C=O) groups is 1. The Kier molecular flexibility index (Phi) is 11.1. The Morgan fingerprint density at radius 1 is 1.36 bits per heavy atom. The Labute approximate surface area is 130 Å². The van der Waals surface area contributed by atoms with E-state index in [-0.39, 0.29) is 18.5 Å². The summed E-state index contributed by atoms with van der Waals surface area (Å²) in [6.45, 7) is 3.79. The first-order valence-corrected chi connectivity index (χ1v) is 7.00. The van der Waals surface area contributed by atoms with Crippen molar-refractivity contribution in [2.75, 3.05) is 26.8 Å². The number of ether oxygens (including phenoxy) is 1. The van der Waals surface area contributed by atoms with Gasteiger partial charge in [-0.2, -0.15) is 0 Å². The molecule has 1 aromatic heterocycles. The fraction of sp³-hybridized carbons (Fsp3) is 0.500. The molecule has 0 aliphatic heterocycles. The molecule has 0 bridgehead atoms. The van der Waals surface area contributed by atoms with Crippen molar-refractivity contribution in [1.82, 2.24) is 5.32 Å². The van der Waals surface area contributed by atoms with Gasteiger partial charge >= 0.3 is 0 Å². The number of aliphatic hydroxyl groups is 1. The lowest BCUT2D eigenvalue weighted by molar-refractivity contribution is -0.697. The zero-order valence-corrected chi connectivity index (χ0v) is 13.2. The number of aryl methyl sites for hydroxylation is 1. The van der Waals surface area contributed by atoms with Crippen molar-refractivity contribution in [1.29, 1.82) is 0 Å². The van der Waals surface area contributed by atoms with Crippen LogP contribution in [0.5, 0.6) is 5.75 Å². The number of aromatic nitrogens is 1. The Hall–Kier alpha value is -2.35. The van der Waals surface area contributed by atoms with Crippen LogP contribution < -0.4 is 26.1 Å². The monoisotopic (exact) mass is 312 g/mol. The highest BCUT2D eigenvalue weighted by Gasteiger charge is 2.04. The van der Waals surface area contributed by atoms with Crippen LogP contribution in [0, 0.1) is 0 Å². The third kappa shape index (κ3) is 9.54. The summed E-state index contributed by atoms with van der Waals surface area (Å²) in [6.07, 6.45) is 4.92. The van der Waals surface area contributed by atoms with Crippen LogP contribution >= 0.6 is 0 Å². The van der Waals surface area contributed by atoms with Gasteiger partial charge in [-0.3, -0.25) is 9.79 Å². The molecule has 22 heavy (non-hydrogen) atoms. The Morgan fingerprint density at radius 3 is 2.55 bits per heavy atom. The van der Waals surface area contributed by atoms with Gasteiger partial charge in [-0.1, -0.05) is 6.92 Å². The van der Waals surface area contributed by atoms with Gasteiger partial charge in [0.2, 0.25) is 0 Å². The fourth-order valence-corrected chi connectivity index (χ4v) is 1.53. The van der Waals surface area contributed by atoms with Crippen molar-refractivity contribution in [2.45, 2.75) is 19.9 Å². The van der Waals surface area contributed by atoms with Crippen molar-refractivity contribution in [3.8, 4) is 5.75 Å². The van der Waals surface area contributed by atoms with E-state index < -0.39 is 0 Å². The van der Waals surface area contributed by atoms with Gasteiger partial charge in [0.05, 0.1) is 6.54 Å². The van der Waals surface area contributed by atoms with Crippen LogP contribution in [0.4, 0.5) is 0 Å². The van der Waals surface area contributed by atoms with E-state index in [0.29, 0.717) is 18.8 Å². The maximum absolute atomic E-state index is 11.5. The normalized spacial score (nSPS) is 9.23. The average molecular weight is 312 g/mol. The molecule has 0 aliphatic carbocycles. The molecular weight excluding hydrogens is 286 g/mol. The highest BCUT2D eigenvalue weighted by atomic mass is 16.5. The number of amides is 1. The number of aliphatic imine (C=N–C) groups is 1. The predicted octanol–water partition coefficient (Wildman–Crippen LogP) is -1.24. The first-order valence-electron chi connectivity index (χ1n) is 7.00. The smallest absolute Gasteiger partial charge is 0.258 e. The lowest BCUT2D eigenvalue weighted by Crippen LogP contribution is -2.33. The molecule has 0 fully saturated rings. The summed E-state index contributed by atoms with van der Waals surface area (Å²) in [5, 5.41) is 9.65. The number of nitrogens with one attached hydrogen (secondary N) is 1. The summed E-state index contributed by atoms with van der Waals surface area (Å²) in [5.74, 6) is 0.470. The molecule has 0 aliphatic rings. The van der Waals surface area contributed by atoms with Gasteiger partial charge in [-0.15, -0.1) is 0 Å². The maximum Gasteiger partial charge on any atom is 0.258 e. The van der Waals surface area contributed by atoms with Crippen LogP contribution in [0.3, 0.4) is 0 Å². The molecule has 124 valence electrons. The van der Waals surface area contributed by atoms with Gasteiger partial charge in [-0.05, 0) is 0 Å². The lowest BCUT2D eigenvalue weighted by atomic mass is 10.4. The number of pyridine rings is 1. The van der Waals surface area contributed by atoms with Crippen molar-refractivity contribution >= 4 is 11.9 Å². The molecule has 1 heterocycles. The van der Waals surface area contributed by atoms with Crippen molar-refractivity contribution < 1.29 is 19.2 Å². The van der Waals surface area contributed by atoms with Crippen LogP contribution in [0.2, 0.25) is 0 Å². The highest BCUT2D eigenvalue weighted by molar-refractivity contribution is 5.77. The van der Waals surface area contributed by atoms with Crippen molar-refractivity contribution in [3.05, 3.63) is 24.5 Å². The molecular formula is C14H26N5O3+. The summed E-state index contributed by atoms with van der Waals surface area (Å²) in [5.41, 5.74) is 10.3. The molecule has 1 amide bonds. The number of carbonyl (C=O) groups excluding carboxylic acids is 1. The van der Waals surface area contributed by atoms with Gasteiger partial charge in [0.15, 0.2) is 25.0 Å². The SMILES string of the molecule is CCC[n+]1ccc(OCC(=O)NCCN=C(N)N)cc1.CO. The van der Waals surface area contributed by atoms with Crippen LogP contribution in [-0.2, 0) is 11.3 Å². The molecule has 6 N–H and O–H groups in total. The van der Waals surface area contributed by atoms with E-state index in [0.717, 1.165) is 20.1 Å². The molecule has 8 nitrogen and oxygen atoms in total. The number of rotatable bonds is 8.